The quantitative estimate of drug-likeness (QED) is 0.421. The van der Waals surface area contributed by atoms with Gasteiger partial charge in [0, 0.05) is 24.1 Å². The zero-order valence-corrected chi connectivity index (χ0v) is 16.6. The fourth-order valence-corrected chi connectivity index (χ4v) is 3.89. The third-order valence-electron chi connectivity index (χ3n) is 3.40. The van der Waals surface area contributed by atoms with Gasteiger partial charge in [0.25, 0.3) is 0 Å². The normalized spacial score (nSPS) is 10.1. The number of thioether (sulfide) groups is 1. The van der Waals surface area contributed by atoms with Gasteiger partial charge < -0.3 is 15.4 Å². The van der Waals surface area contributed by atoms with E-state index in [9.17, 15) is 4.79 Å². The molecule has 142 valence electrons. The molecule has 28 heavy (non-hydrogen) atoms. The van der Waals surface area contributed by atoms with Gasteiger partial charge in [0.15, 0.2) is 4.34 Å². The van der Waals surface area contributed by atoms with Gasteiger partial charge in [-0.2, -0.15) is 5.26 Å². The Labute approximate surface area is 170 Å². The highest BCUT2D eigenvalue weighted by molar-refractivity contribution is 8.01. The van der Waals surface area contributed by atoms with E-state index in [0.717, 1.165) is 27.2 Å². The van der Waals surface area contributed by atoms with Crippen molar-refractivity contribution in [2.75, 3.05) is 23.0 Å². The van der Waals surface area contributed by atoms with E-state index in [1.54, 1.807) is 36.0 Å². The van der Waals surface area contributed by atoms with E-state index < -0.39 is 0 Å². The molecule has 2 N–H and O–H groups in total. The maximum atomic E-state index is 11.2. The first-order valence-corrected chi connectivity index (χ1v) is 10.2. The van der Waals surface area contributed by atoms with Gasteiger partial charge >= 0.3 is 0 Å². The SMILES string of the molecule is CC(=O)Nc1cccc(Nc2nnc(SCCOc3ccc(C#N)cc3)s2)c1. The number of hydrogen-bond donors (Lipinski definition) is 2. The van der Waals surface area contributed by atoms with Gasteiger partial charge in [0.2, 0.25) is 11.0 Å². The third-order valence-corrected chi connectivity index (χ3v) is 5.34. The molecular weight excluding hydrogens is 394 g/mol. The summed E-state index contributed by atoms with van der Waals surface area (Å²) in [5, 5.41) is 23.7. The predicted molar refractivity (Wildman–Crippen MR) is 111 cm³/mol. The number of carbonyl (C=O) groups is 1. The summed E-state index contributed by atoms with van der Waals surface area (Å²) in [4.78, 5) is 11.2. The summed E-state index contributed by atoms with van der Waals surface area (Å²) in [6, 6.07) is 16.5. The topological polar surface area (TPSA) is 99.9 Å². The van der Waals surface area contributed by atoms with Crippen molar-refractivity contribution in [3.05, 3.63) is 54.1 Å². The molecule has 0 aliphatic rings. The molecule has 0 atom stereocenters. The predicted octanol–water partition coefficient (Wildman–Crippen LogP) is 4.28. The van der Waals surface area contributed by atoms with Crippen LogP contribution >= 0.6 is 23.1 Å². The molecule has 2 aromatic carbocycles. The van der Waals surface area contributed by atoms with Crippen LogP contribution in [0.4, 0.5) is 16.5 Å². The van der Waals surface area contributed by atoms with Crippen LogP contribution in [0.3, 0.4) is 0 Å². The molecule has 0 fully saturated rings. The van der Waals surface area contributed by atoms with E-state index in [-0.39, 0.29) is 5.91 Å². The highest BCUT2D eigenvalue weighted by atomic mass is 32.2. The second kappa shape index (κ2) is 9.73. The van der Waals surface area contributed by atoms with Gasteiger partial charge in [-0.05, 0) is 42.5 Å². The molecular formula is C19H17N5O2S2. The Bertz CT molecular complexity index is 982. The average molecular weight is 412 g/mol. The molecule has 1 heterocycles. The van der Waals surface area contributed by atoms with E-state index in [2.05, 4.69) is 26.9 Å². The first kappa shape index (κ1) is 19.7. The fourth-order valence-electron chi connectivity index (χ4n) is 2.23. The van der Waals surface area contributed by atoms with Gasteiger partial charge in [-0.15, -0.1) is 10.2 Å². The zero-order chi connectivity index (χ0) is 19.8. The Balaban J connectivity index is 1.46. The van der Waals surface area contributed by atoms with E-state index >= 15 is 0 Å². The summed E-state index contributed by atoms with van der Waals surface area (Å²) in [5.74, 6) is 1.35. The van der Waals surface area contributed by atoms with Gasteiger partial charge in [-0.25, -0.2) is 0 Å². The molecule has 0 radical (unpaired) electrons. The minimum Gasteiger partial charge on any atom is -0.493 e. The standard InChI is InChI=1S/C19H17N5O2S2/c1-13(25)21-15-3-2-4-16(11-15)22-18-23-24-19(28-18)27-10-9-26-17-7-5-14(12-20)6-8-17/h2-8,11H,9-10H2,1H3,(H,21,25)(H,22,23). The Hall–Kier alpha value is -3.09. The van der Waals surface area contributed by atoms with Crippen LogP contribution in [-0.4, -0.2) is 28.5 Å². The highest BCUT2D eigenvalue weighted by Crippen LogP contribution is 2.28. The largest absolute Gasteiger partial charge is 0.493 e. The lowest BCUT2D eigenvalue weighted by atomic mass is 10.2. The lowest BCUT2D eigenvalue weighted by Crippen LogP contribution is -2.05. The van der Waals surface area contributed by atoms with E-state index in [1.807, 2.05) is 24.3 Å². The lowest BCUT2D eigenvalue weighted by molar-refractivity contribution is -0.114. The first-order valence-electron chi connectivity index (χ1n) is 8.36. The summed E-state index contributed by atoms with van der Waals surface area (Å²) in [6.07, 6.45) is 0. The summed E-state index contributed by atoms with van der Waals surface area (Å²) in [6.45, 7) is 2.00. The molecule has 0 spiro atoms. The van der Waals surface area contributed by atoms with E-state index in [1.165, 1.54) is 18.3 Å². The average Bonchev–Trinajstić information content (AvgIpc) is 3.13. The second-order valence-corrected chi connectivity index (χ2v) is 7.91. The number of benzene rings is 2. The van der Waals surface area contributed by atoms with Crippen molar-refractivity contribution < 1.29 is 9.53 Å². The van der Waals surface area contributed by atoms with Crippen LogP contribution in [0, 0.1) is 11.3 Å². The van der Waals surface area contributed by atoms with E-state index in [0.29, 0.717) is 17.3 Å². The Kier molecular flexibility index (Phi) is 6.84. The van der Waals surface area contributed by atoms with Gasteiger partial charge in [0.05, 0.1) is 18.2 Å². The molecule has 0 aliphatic heterocycles. The van der Waals surface area contributed by atoms with Crippen LogP contribution in [0.2, 0.25) is 0 Å². The first-order chi connectivity index (χ1) is 13.6. The zero-order valence-electron chi connectivity index (χ0n) is 15.0. The number of carbonyl (C=O) groups excluding carboxylic acids is 1. The summed E-state index contributed by atoms with van der Waals surface area (Å²) in [5.41, 5.74) is 2.15. The maximum Gasteiger partial charge on any atom is 0.221 e. The molecule has 1 amide bonds. The van der Waals surface area contributed by atoms with Crippen molar-refractivity contribution in [2.24, 2.45) is 0 Å². The number of aromatic nitrogens is 2. The minimum atomic E-state index is -0.116. The van der Waals surface area contributed by atoms with Crippen LogP contribution in [-0.2, 0) is 4.79 Å². The van der Waals surface area contributed by atoms with Gasteiger partial charge in [0.1, 0.15) is 5.75 Å². The number of hydrogen-bond acceptors (Lipinski definition) is 8. The van der Waals surface area contributed by atoms with Crippen molar-refractivity contribution in [1.29, 1.82) is 5.26 Å². The molecule has 0 aliphatic carbocycles. The number of nitriles is 1. The van der Waals surface area contributed by atoms with Gasteiger partial charge in [-0.1, -0.05) is 29.2 Å². The molecule has 9 heteroatoms. The van der Waals surface area contributed by atoms with Crippen LogP contribution in [0.5, 0.6) is 5.75 Å². The number of rotatable bonds is 8. The second-order valence-electron chi connectivity index (χ2n) is 5.59. The molecule has 7 nitrogen and oxygen atoms in total. The number of nitrogens with zero attached hydrogens (tertiary/aromatic N) is 3. The van der Waals surface area contributed by atoms with Crippen molar-refractivity contribution >= 4 is 45.5 Å². The third kappa shape index (κ3) is 5.97. The van der Waals surface area contributed by atoms with Crippen LogP contribution < -0.4 is 15.4 Å². The molecule has 0 bridgehead atoms. The minimum absolute atomic E-state index is 0.116. The number of anilines is 3. The number of amides is 1. The summed E-state index contributed by atoms with van der Waals surface area (Å²) in [7, 11) is 0. The highest BCUT2D eigenvalue weighted by Gasteiger charge is 2.06. The Morgan fingerprint density at radius 2 is 2.00 bits per heavy atom. The van der Waals surface area contributed by atoms with Crippen LogP contribution in [0.15, 0.2) is 52.9 Å². The monoisotopic (exact) mass is 411 g/mol. The molecule has 1 aromatic heterocycles. The Morgan fingerprint density at radius 1 is 1.21 bits per heavy atom. The van der Waals surface area contributed by atoms with Crippen molar-refractivity contribution in [3.8, 4) is 11.8 Å². The fraction of sp³-hybridized carbons (Fsp3) is 0.158. The summed E-state index contributed by atoms with van der Waals surface area (Å²) >= 11 is 3.01. The smallest absolute Gasteiger partial charge is 0.221 e. The van der Waals surface area contributed by atoms with Crippen molar-refractivity contribution in [1.82, 2.24) is 10.2 Å². The number of ether oxygens (including phenoxy) is 1. The Morgan fingerprint density at radius 3 is 2.75 bits per heavy atom. The molecule has 0 saturated carbocycles. The molecule has 0 saturated heterocycles. The summed E-state index contributed by atoms with van der Waals surface area (Å²) < 4.78 is 6.49. The lowest BCUT2D eigenvalue weighted by Gasteiger charge is -2.05. The van der Waals surface area contributed by atoms with Crippen LogP contribution in [0.1, 0.15) is 12.5 Å². The van der Waals surface area contributed by atoms with Crippen molar-refractivity contribution in [2.45, 2.75) is 11.3 Å². The van der Waals surface area contributed by atoms with Crippen LogP contribution in [0.25, 0.3) is 0 Å². The number of nitrogens with one attached hydrogen (secondary N) is 2. The van der Waals surface area contributed by atoms with E-state index in [4.69, 9.17) is 10.00 Å². The molecule has 3 aromatic rings. The van der Waals surface area contributed by atoms with Gasteiger partial charge in [-0.3, -0.25) is 4.79 Å². The molecule has 3 rings (SSSR count). The maximum absolute atomic E-state index is 11.2. The van der Waals surface area contributed by atoms with Crippen molar-refractivity contribution in [3.63, 3.8) is 0 Å². The molecule has 0 unspecified atom stereocenters.